The fourth-order valence-electron chi connectivity index (χ4n) is 2.55. The lowest BCUT2D eigenvalue weighted by molar-refractivity contribution is 0.455. The predicted octanol–water partition coefficient (Wildman–Crippen LogP) is 6.67. The summed E-state index contributed by atoms with van der Waals surface area (Å²) in [4.78, 5) is 0. The smallest absolute Gasteiger partial charge is 0.307 e. The first-order chi connectivity index (χ1) is 12.6. The molecule has 0 aliphatic heterocycles. The van der Waals surface area contributed by atoms with Crippen molar-refractivity contribution < 1.29 is 8.63 Å². The van der Waals surface area contributed by atoms with E-state index in [1.54, 1.807) is 18.2 Å². The van der Waals surface area contributed by atoms with Crippen molar-refractivity contribution in [2.75, 3.05) is 11.1 Å². The fraction of sp³-hybridized carbons (Fsp3) is 0.556. The van der Waals surface area contributed by atoms with Crippen LogP contribution in [0.2, 0.25) is 10.0 Å². The van der Waals surface area contributed by atoms with E-state index in [9.17, 15) is 4.21 Å². The maximum atomic E-state index is 12.3. The first-order valence-electron chi connectivity index (χ1n) is 8.85. The highest BCUT2D eigenvalue weighted by Gasteiger charge is 2.16. The van der Waals surface area contributed by atoms with Gasteiger partial charge in [0.15, 0.2) is 0 Å². The van der Waals surface area contributed by atoms with Gasteiger partial charge in [0.05, 0.1) is 10.6 Å². The number of halogens is 3. The number of nitrogens with zero attached hydrogens (tertiary/aromatic N) is 2. The van der Waals surface area contributed by atoms with E-state index >= 15 is 0 Å². The topological polar surface area (TPSA) is 56.0 Å². The van der Waals surface area contributed by atoms with E-state index in [0.29, 0.717) is 21.4 Å². The predicted molar refractivity (Wildman–Crippen MR) is 112 cm³/mol. The van der Waals surface area contributed by atoms with E-state index in [1.807, 2.05) is 0 Å². The molecule has 1 unspecified atom stereocenters. The van der Waals surface area contributed by atoms with Gasteiger partial charge < -0.3 is 4.42 Å². The zero-order valence-electron chi connectivity index (χ0n) is 14.6. The van der Waals surface area contributed by atoms with Crippen molar-refractivity contribution in [3.8, 4) is 11.5 Å². The third-order valence-corrected chi connectivity index (χ3v) is 6.30. The normalized spacial score (nSPS) is 12.4. The molecule has 0 fully saturated rings. The molecule has 8 heteroatoms. The van der Waals surface area contributed by atoms with Crippen LogP contribution in [0.3, 0.4) is 0 Å². The molecule has 0 N–H and O–H groups in total. The van der Waals surface area contributed by atoms with E-state index < -0.39 is 10.8 Å². The Morgan fingerprint density at radius 1 is 0.962 bits per heavy atom. The molecule has 1 atom stereocenters. The third kappa shape index (κ3) is 7.29. The average molecular weight is 482 g/mol. The van der Waals surface area contributed by atoms with Gasteiger partial charge in [-0.1, -0.05) is 82.8 Å². The molecular weight excluding hydrogens is 459 g/mol. The Balaban J connectivity index is 1.71. The van der Waals surface area contributed by atoms with Crippen LogP contribution in [0.1, 0.15) is 51.4 Å². The Morgan fingerprint density at radius 2 is 1.62 bits per heavy atom. The molecule has 0 saturated carbocycles. The van der Waals surface area contributed by atoms with Crippen LogP contribution < -0.4 is 0 Å². The van der Waals surface area contributed by atoms with E-state index in [0.717, 1.165) is 18.2 Å². The lowest BCUT2D eigenvalue weighted by Gasteiger charge is -2.01. The number of hydrogen-bond donors (Lipinski definition) is 0. The maximum Gasteiger partial charge on any atom is 0.307 e. The highest BCUT2D eigenvalue weighted by molar-refractivity contribution is 9.09. The second-order valence-corrected chi connectivity index (χ2v) is 9.15. The van der Waals surface area contributed by atoms with Gasteiger partial charge in [-0.3, -0.25) is 0 Å². The highest BCUT2D eigenvalue weighted by Crippen LogP contribution is 2.29. The highest BCUT2D eigenvalue weighted by atomic mass is 79.9. The molecule has 0 amide bonds. The fourth-order valence-corrected chi connectivity index (χ4v) is 4.38. The molecule has 0 radical (unpaired) electrons. The molecule has 2 rings (SSSR count). The number of unbranched alkanes of at least 4 members (excludes halogenated alkanes) is 7. The van der Waals surface area contributed by atoms with Crippen molar-refractivity contribution in [2.24, 2.45) is 0 Å². The lowest BCUT2D eigenvalue weighted by Crippen LogP contribution is -1.98. The van der Waals surface area contributed by atoms with Gasteiger partial charge in [0, 0.05) is 16.1 Å². The standard InChI is InChI=1S/C18H23BrCl2N2O2S/c19-11-7-5-3-1-2-4-6-8-12-26(24)18-23-22-17(25-18)15-10-9-14(20)13-16(15)21/h9-10,13H,1-8,11-12H2. The Morgan fingerprint density at radius 3 is 2.27 bits per heavy atom. The van der Waals surface area contributed by atoms with Gasteiger partial charge in [-0.2, -0.15) is 0 Å². The Hall–Kier alpha value is -0.430. The summed E-state index contributed by atoms with van der Waals surface area (Å²) in [6.07, 6.45) is 9.54. The molecule has 2 aromatic rings. The van der Waals surface area contributed by atoms with Crippen LogP contribution in [-0.2, 0) is 10.8 Å². The summed E-state index contributed by atoms with van der Waals surface area (Å²) in [5.41, 5.74) is 0.590. The van der Waals surface area contributed by atoms with Crippen molar-refractivity contribution in [1.29, 1.82) is 0 Å². The summed E-state index contributed by atoms with van der Waals surface area (Å²) in [6, 6.07) is 5.02. The van der Waals surface area contributed by atoms with Crippen molar-refractivity contribution in [1.82, 2.24) is 10.2 Å². The summed E-state index contributed by atoms with van der Waals surface area (Å²) >= 11 is 15.5. The molecule has 0 spiro atoms. The molecule has 1 aromatic heterocycles. The van der Waals surface area contributed by atoms with Gasteiger partial charge in [-0.15, -0.1) is 5.10 Å². The monoisotopic (exact) mass is 480 g/mol. The minimum atomic E-state index is -1.27. The van der Waals surface area contributed by atoms with Crippen molar-refractivity contribution in [2.45, 2.75) is 56.6 Å². The summed E-state index contributed by atoms with van der Waals surface area (Å²) in [5, 5.41) is 10.1. The van der Waals surface area contributed by atoms with Crippen LogP contribution in [0.25, 0.3) is 11.5 Å². The second kappa shape index (κ2) is 12.1. The Kier molecular flexibility index (Phi) is 10.2. The van der Waals surface area contributed by atoms with Crippen molar-refractivity contribution in [3.63, 3.8) is 0 Å². The lowest BCUT2D eigenvalue weighted by atomic mass is 10.1. The molecule has 26 heavy (non-hydrogen) atoms. The van der Waals surface area contributed by atoms with Crippen molar-refractivity contribution >= 4 is 49.9 Å². The van der Waals surface area contributed by atoms with Gasteiger partial charge in [0.2, 0.25) is 5.89 Å². The van der Waals surface area contributed by atoms with Gasteiger partial charge >= 0.3 is 5.22 Å². The van der Waals surface area contributed by atoms with Gasteiger partial charge in [0.1, 0.15) is 10.8 Å². The number of benzene rings is 1. The van der Waals surface area contributed by atoms with Crippen molar-refractivity contribution in [3.05, 3.63) is 28.2 Å². The number of rotatable bonds is 12. The molecule has 1 heterocycles. The number of alkyl halides is 1. The molecule has 0 aliphatic rings. The molecular formula is C18H23BrCl2N2O2S. The molecule has 0 bridgehead atoms. The quantitative estimate of drug-likeness (QED) is 0.251. The van der Waals surface area contributed by atoms with Gasteiger partial charge in [-0.25, -0.2) is 4.21 Å². The second-order valence-electron chi connectivity index (χ2n) is 6.06. The van der Waals surface area contributed by atoms with E-state index in [4.69, 9.17) is 27.6 Å². The number of aromatic nitrogens is 2. The molecule has 0 saturated heterocycles. The summed E-state index contributed by atoms with van der Waals surface area (Å²) in [6.45, 7) is 0. The average Bonchev–Trinajstić information content (AvgIpc) is 3.10. The van der Waals surface area contributed by atoms with Crippen LogP contribution in [-0.4, -0.2) is 25.5 Å². The summed E-state index contributed by atoms with van der Waals surface area (Å²) < 4.78 is 17.8. The molecule has 1 aromatic carbocycles. The zero-order chi connectivity index (χ0) is 18.8. The largest absolute Gasteiger partial charge is 0.409 e. The molecule has 4 nitrogen and oxygen atoms in total. The Bertz CT molecular complexity index is 712. The van der Waals surface area contributed by atoms with Crippen LogP contribution in [0.4, 0.5) is 0 Å². The van der Waals surface area contributed by atoms with Crippen LogP contribution in [0.15, 0.2) is 27.8 Å². The minimum absolute atomic E-state index is 0.154. The zero-order valence-corrected chi connectivity index (χ0v) is 18.5. The summed E-state index contributed by atoms with van der Waals surface area (Å²) in [7, 11) is -1.27. The third-order valence-electron chi connectivity index (χ3n) is 3.98. The van der Waals surface area contributed by atoms with Gasteiger partial charge in [-0.05, 0) is 31.0 Å². The molecule has 144 valence electrons. The summed E-state index contributed by atoms with van der Waals surface area (Å²) in [5.74, 6) is 0.804. The first-order valence-corrected chi connectivity index (χ1v) is 12.0. The SMILES string of the molecule is O=S(CCCCCCCCCCBr)c1nnc(-c2ccc(Cl)cc2Cl)o1. The van der Waals surface area contributed by atoms with Crippen LogP contribution >= 0.6 is 39.1 Å². The van der Waals surface area contributed by atoms with E-state index in [-0.39, 0.29) is 11.1 Å². The molecule has 0 aliphatic carbocycles. The number of hydrogen-bond acceptors (Lipinski definition) is 4. The van der Waals surface area contributed by atoms with Gasteiger partial charge in [0.25, 0.3) is 0 Å². The minimum Gasteiger partial charge on any atom is -0.409 e. The van der Waals surface area contributed by atoms with Crippen LogP contribution in [0.5, 0.6) is 0 Å². The maximum absolute atomic E-state index is 12.3. The van der Waals surface area contributed by atoms with Crippen LogP contribution in [0, 0.1) is 0 Å². The van der Waals surface area contributed by atoms with E-state index in [1.165, 1.54) is 38.5 Å². The Labute approximate surface area is 175 Å². The first kappa shape index (κ1) is 21.9. The van der Waals surface area contributed by atoms with E-state index in [2.05, 4.69) is 26.1 Å².